The molecular formula is C15H22N2O4. The van der Waals surface area contributed by atoms with Crippen LogP contribution in [0, 0.1) is 6.92 Å². The Balaban J connectivity index is 2.39. The van der Waals surface area contributed by atoms with Crippen molar-refractivity contribution in [3.05, 3.63) is 35.4 Å². The second-order valence-corrected chi connectivity index (χ2v) is 4.84. The van der Waals surface area contributed by atoms with Gasteiger partial charge in [0.15, 0.2) is 0 Å². The van der Waals surface area contributed by atoms with Crippen molar-refractivity contribution in [2.45, 2.75) is 32.4 Å². The second kappa shape index (κ2) is 8.97. The van der Waals surface area contributed by atoms with Crippen LogP contribution < -0.4 is 10.6 Å². The van der Waals surface area contributed by atoms with Gasteiger partial charge in [0.05, 0.1) is 0 Å². The number of aryl methyl sites for hydroxylation is 1. The maximum Gasteiger partial charge on any atom is 0.326 e. The number of ether oxygens (including phenoxy) is 1. The number of carbonyl (C=O) groups is 2. The highest BCUT2D eigenvalue weighted by atomic mass is 16.5. The van der Waals surface area contributed by atoms with Gasteiger partial charge in [-0.1, -0.05) is 29.8 Å². The molecule has 6 nitrogen and oxygen atoms in total. The predicted octanol–water partition coefficient (Wildman–Crippen LogP) is 1.67. The molecule has 1 rings (SSSR count). The van der Waals surface area contributed by atoms with E-state index in [0.29, 0.717) is 26.0 Å². The van der Waals surface area contributed by atoms with Crippen molar-refractivity contribution in [3.63, 3.8) is 0 Å². The minimum Gasteiger partial charge on any atom is -0.480 e. The van der Waals surface area contributed by atoms with Crippen molar-refractivity contribution in [3.8, 4) is 0 Å². The molecule has 1 unspecified atom stereocenters. The van der Waals surface area contributed by atoms with E-state index < -0.39 is 18.0 Å². The molecule has 1 aromatic carbocycles. The lowest BCUT2D eigenvalue weighted by molar-refractivity contribution is -0.139. The standard InChI is InChI=1S/C15H22N2O4/c1-11-5-7-12(8-6-11)10-16-15(20)17-13(14(18)19)4-3-9-21-2/h5-8,13H,3-4,9-10H2,1-2H3,(H,18,19)(H2,16,17,20). The molecule has 1 aromatic rings. The van der Waals surface area contributed by atoms with Crippen LogP contribution in [0.15, 0.2) is 24.3 Å². The molecule has 0 heterocycles. The van der Waals surface area contributed by atoms with E-state index >= 15 is 0 Å². The molecule has 2 amide bonds. The largest absolute Gasteiger partial charge is 0.480 e. The summed E-state index contributed by atoms with van der Waals surface area (Å²) in [4.78, 5) is 22.8. The summed E-state index contributed by atoms with van der Waals surface area (Å²) in [6.07, 6.45) is 0.910. The lowest BCUT2D eigenvalue weighted by Crippen LogP contribution is -2.45. The van der Waals surface area contributed by atoms with Crippen LogP contribution in [0.5, 0.6) is 0 Å². The lowest BCUT2D eigenvalue weighted by atomic mass is 10.1. The van der Waals surface area contributed by atoms with Crippen LogP contribution in [0.1, 0.15) is 24.0 Å². The fraction of sp³-hybridized carbons (Fsp3) is 0.467. The van der Waals surface area contributed by atoms with E-state index in [4.69, 9.17) is 9.84 Å². The Labute approximate surface area is 124 Å². The van der Waals surface area contributed by atoms with Crippen molar-refractivity contribution in [2.75, 3.05) is 13.7 Å². The van der Waals surface area contributed by atoms with Crippen LogP contribution >= 0.6 is 0 Å². The third-order valence-electron chi connectivity index (χ3n) is 3.02. The van der Waals surface area contributed by atoms with Crippen molar-refractivity contribution in [1.29, 1.82) is 0 Å². The molecule has 3 N–H and O–H groups in total. The number of amides is 2. The zero-order valence-electron chi connectivity index (χ0n) is 12.4. The zero-order valence-corrected chi connectivity index (χ0v) is 12.4. The van der Waals surface area contributed by atoms with Crippen molar-refractivity contribution in [1.82, 2.24) is 10.6 Å². The molecular weight excluding hydrogens is 272 g/mol. The summed E-state index contributed by atoms with van der Waals surface area (Å²) in [6.45, 7) is 2.81. The van der Waals surface area contributed by atoms with Crippen LogP contribution in [0.3, 0.4) is 0 Å². The Kier molecular flexibility index (Phi) is 7.25. The number of hydrogen-bond acceptors (Lipinski definition) is 3. The van der Waals surface area contributed by atoms with Crippen LogP contribution in [-0.4, -0.2) is 36.9 Å². The van der Waals surface area contributed by atoms with E-state index in [0.717, 1.165) is 11.1 Å². The van der Waals surface area contributed by atoms with Crippen molar-refractivity contribution in [2.24, 2.45) is 0 Å². The molecule has 0 saturated carbocycles. The van der Waals surface area contributed by atoms with Crippen LogP contribution in [0.25, 0.3) is 0 Å². The molecule has 0 aliphatic heterocycles. The Morgan fingerprint density at radius 2 is 1.95 bits per heavy atom. The number of nitrogens with one attached hydrogen (secondary N) is 2. The maximum atomic E-state index is 11.7. The minimum absolute atomic E-state index is 0.334. The van der Waals surface area contributed by atoms with E-state index in [1.807, 2.05) is 31.2 Å². The molecule has 0 radical (unpaired) electrons. The summed E-state index contributed by atoms with van der Waals surface area (Å²) in [5.41, 5.74) is 2.11. The number of urea groups is 1. The molecule has 0 fully saturated rings. The lowest BCUT2D eigenvalue weighted by Gasteiger charge is -2.15. The van der Waals surface area contributed by atoms with E-state index in [-0.39, 0.29) is 0 Å². The monoisotopic (exact) mass is 294 g/mol. The molecule has 0 aliphatic rings. The van der Waals surface area contributed by atoms with Gasteiger partial charge in [-0.3, -0.25) is 0 Å². The molecule has 1 atom stereocenters. The van der Waals surface area contributed by atoms with Gasteiger partial charge in [0, 0.05) is 20.3 Å². The van der Waals surface area contributed by atoms with E-state index in [1.165, 1.54) is 0 Å². The van der Waals surface area contributed by atoms with E-state index in [1.54, 1.807) is 7.11 Å². The number of carbonyl (C=O) groups excluding carboxylic acids is 1. The third-order valence-corrected chi connectivity index (χ3v) is 3.02. The fourth-order valence-electron chi connectivity index (χ4n) is 1.79. The van der Waals surface area contributed by atoms with Gasteiger partial charge in [0.1, 0.15) is 6.04 Å². The van der Waals surface area contributed by atoms with Gasteiger partial charge in [0.2, 0.25) is 0 Å². The number of methoxy groups -OCH3 is 1. The number of benzene rings is 1. The average Bonchev–Trinajstić information content (AvgIpc) is 2.45. The van der Waals surface area contributed by atoms with Crippen molar-refractivity contribution < 1.29 is 19.4 Å². The minimum atomic E-state index is -1.04. The quantitative estimate of drug-likeness (QED) is 0.636. The fourth-order valence-corrected chi connectivity index (χ4v) is 1.79. The summed E-state index contributed by atoms with van der Waals surface area (Å²) in [5, 5.41) is 14.2. The molecule has 0 aliphatic carbocycles. The first-order valence-corrected chi connectivity index (χ1v) is 6.84. The smallest absolute Gasteiger partial charge is 0.326 e. The number of hydrogen-bond donors (Lipinski definition) is 3. The highest BCUT2D eigenvalue weighted by molar-refractivity contribution is 5.82. The van der Waals surface area contributed by atoms with Crippen molar-refractivity contribution >= 4 is 12.0 Å². The Morgan fingerprint density at radius 3 is 2.52 bits per heavy atom. The summed E-state index contributed by atoms with van der Waals surface area (Å²) in [6, 6.07) is 6.36. The Bertz CT molecular complexity index is 459. The number of carboxylic acids is 1. The summed E-state index contributed by atoms with van der Waals surface area (Å²) >= 11 is 0. The molecule has 0 aromatic heterocycles. The van der Waals surface area contributed by atoms with E-state index in [2.05, 4.69) is 10.6 Å². The third kappa shape index (κ3) is 6.76. The summed E-state index contributed by atoms with van der Waals surface area (Å²) in [5.74, 6) is -1.04. The number of aliphatic carboxylic acids is 1. The summed E-state index contributed by atoms with van der Waals surface area (Å²) < 4.78 is 4.87. The van der Waals surface area contributed by atoms with Gasteiger partial charge in [-0.2, -0.15) is 0 Å². The van der Waals surface area contributed by atoms with Gasteiger partial charge in [-0.25, -0.2) is 9.59 Å². The highest BCUT2D eigenvalue weighted by Gasteiger charge is 2.19. The first kappa shape index (κ1) is 17.0. The maximum absolute atomic E-state index is 11.7. The topological polar surface area (TPSA) is 87.7 Å². The summed E-state index contributed by atoms with van der Waals surface area (Å²) in [7, 11) is 1.55. The van der Waals surface area contributed by atoms with Gasteiger partial charge < -0.3 is 20.5 Å². The molecule has 0 spiro atoms. The SMILES string of the molecule is COCCCC(NC(=O)NCc1ccc(C)cc1)C(=O)O. The van der Waals surface area contributed by atoms with Gasteiger partial charge in [-0.15, -0.1) is 0 Å². The Hall–Kier alpha value is -2.08. The first-order chi connectivity index (χ1) is 10.0. The predicted molar refractivity (Wildman–Crippen MR) is 79.1 cm³/mol. The van der Waals surface area contributed by atoms with Gasteiger partial charge in [-0.05, 0) is 25.3 Å². The van der Waals surface area contributed by atoms with Crippen LogP contribution in [0.2, 0.25) is 0 Å². The van der Waals surface area contributed by atoms with E-state index in [9.17, 15) is 9.59 Å². The molecule has 0 saturated heterocycles. The Morgan fingerprint density at radius 1 is 1.29 bits per heavy atom. The van der Waals surface area contributed by atoms with Gasteiger partial charge in [0.25, 0.3) is 0 Å². The molecule has 21 heavy (non-hydrogen) atoms. The normalized spacial score (nSPS) is 11.7. The molecule has 6 heteroatoms. The zero-order chi connectivity index (χ0) is 15.7. The van der Waals surface area contributed by atoms with Gasteiger partial charge >= 0.3 is 12.0 Å². The van der Waals surface area contributed by atoms with Crippen LogP contribution in [0.4, 0.5) is 4.79 Å². The highest BCUT2D eigenvalue weighted by Crippen LogP contribution is 2.03. The molecule has 116 valence electrons. The van der Waals surface area contributed by atoms with Crippen LogP contribution in [-0.2, 0) is 16.1 Å². The number of rotatable bonds is 8. The molecule has 0 bridgehead atoms. The first-order valence-electron chi connectivity index (χ1n) is 6.84. The average molecular weight is 294 g/mol. The second-order valence-electron chi connectivity index (χ2n) is 4.84. The number of carboxylic acid groups (broad SMARTS) is 1.